The Labute approximate surface area is 120 Å². The normalized spacial score (nSPS) is 15.5. The van der Waals surface area contributed by atoms with Crippen molar-refractivity contribution in [1.82, 2.24) is 13.0 Å². The molecule has 2 rings (SSSR count). The second kappa shape index (κ2) is 6.00. The number of carbonyl (C=O) groups is 2. The summed E-state index contributed by atoms with van der Waals surface area (Å²) in [5.41, 5.74) is 0.452. The molecule has 1 N–H and O–H groups in total. The van der Waals surface area contributed by atoms with Crippen molar-refractivity contribution in [2.24, 2.45) is 0 Å². The Morgan fingerprint density at radius 2 is 2.21 bits per heavy atom. The number of nitrogens with one attached hydrogen (secondary N) is 1. The summed E-state index contributed by atoms with van der Waals surface area (Å²) < 4.78 is 3.38. The van der Waals surface area contributed by atoms with Crippen molar-refractivity contribution in [1.29, 1.82) is 0 Å². The van der Waals surface area contributed by atoms with Gasteiger partial charge in [-0.2, -0.15) is 0 Å². The minimum atomic E-state index is -0.557. The summed E-state index contributed by atoms with van der Waals surface area (Å²) in [6, 6.07) is 3.05. The van der Waals surface area contributed by atoms with E-state index in [1.807, 2.05) is 0 Å². The Bertz CT molecular complexity index is 582. The van der Waals surface area contributed by atoms with Gasteiger partial charge in [0.05, 0.1) is 0 Å². The third kappa shape index (κ3) is 3.22. The number of aromatic nitrogens is 1. The zero-order chi connectivity index (χ0) is 13.8. The molecule has 0 atom stereocenters. The molecule has 6 nitrogen and oxygen atoms in total. The summed E-state index contributed by atoms with van der Waals surface area (Å²) in [5, 5.41) is 2.24. The maximum absolute atomic E-state index is 12.1. The number of urea groups is 1. The van der Waals surface area contributed by atoms with Crippen LogP contribution < -0.4 is 32.4 Å². The molecular weight excluding hydrogens is 361 g/mol. The molecule has 0 unspecified atom stereocenters. The van der Waals surface area contributed by atoms with Crippen molar-refractivity contribution in [3.63, 3.8) is 0 Å². The first-order valence-corrected chi connectivity index (χ1v) is 7.87. The average molecular weight is 374 g/mol. The predicted molar refractivity (Wildman–Crippen MR) is 64.9 cm³/mol. The third-order valence-corrected chi connectivity index (χ3v) is 4.41. The van der Waals surface area contributed by atoms with Crippen LogP contribution >= 0.6 is 0 Å². The van der Waals surface area contributed by atoms with Crippen LogP contribution in [0.4, 0.5) is 4.79 Å². The molecule has 0 aromatic carbocycles. The molecule has 19 heavy (non-hydrogen) atoms. The standard InChI is InChI=1S/C12H13IN3O3/c1-2-13-16-6-3-4-9(11(16)18)8-15-7-5-10(17)14-12(15)19/h2-4,6H,1,5,7-8H2,(H,14,17,19)/q-1. The Kier molecular flexibility index (Phi) is 4.35. The minimum absolute atomic E-state index is 0.0973. The van der Waals surface area contributed by atoms with E-state index in [9.17, 15) is 14.4 Å². The number of nitrogens with zero attached hydrogens (tertiary/aromatic N) is 2. The third-order valence-electron chi connectivity index (χ3n) is 2.66. The van der Waals surface area contributed by atoms with E-state index in [1.165, 1.54) is 4.90 Å². The van der Waals surface area contributed by atoms with Crippen molar-refractivity contribution in [3.05, 3.63) is 44.9 Å². The molecule has 0 bridgehead atoms. The van der Waals surface area contributed by atoms with E-state index in [4.69, 9.17) is 0 Å². The van der Waals surface area contributed by atoms with Crippen LogP contribution in [0.15, 0.2) is 33.8 Å². The summed E-state index contributed by atoms with van der Waals surface area (Å²) in [6.07, 6.45) is 1.99. The molecule has 0 radical (unpaired) electrons. The number of pyridine rings is 1. The van der Waals surface area contributed by atoms with Crippen LogP contribution in [0.2, 0.25) is 0 Å². The van der Waals surface area contributed by atoms with Crippen LogP contribution in [0.25, 0.3) is 0 Å². The number of carbonyl (C=O) groups excluding carboxylic acids is 2. The van der Waals surface area contributed by atoms with E-state index in [2.05, 4.69) is 11.9 Å². The number of imide groups is 1. The summed E-state index contributed by atoms with van der Waals surface area (Å²) in [7, 11) is 0. The summed E-state index contributed by atoms with van der Waals surface area (Å²) >= 11 is -0.557. The zero-order valence-electron chi connectivity index (χ0n) is 10.1. The van der Waals surface area contributed by atoms with Crippen molar-refractivity contribution in [3.8, 4) is 0 Å². The molecule has 1 fully saturated rings. The van der Waals surface area contributed by atoms with Gasteiger partial charge in [-0.3, -0.25) is 0 Å². The molecular formula is C12H13IN3O3-. The number of amides is 3. The molecule has 1 aliphatic rings. The summed E-state index contributed by atoms with van der Waals surface area (Å²) in [4.78, 5) is 36.2. The van der Waals surface area contributed by atoms with Crippen molar-refractivity contribution >= 4 is 11.9 Å². The van der Waals surface area contributed by atoms with Gasteiger partial charge < -0.3 is 0 Å². The van der Waals surface area contributed by atoms with E-state index in [-0.39, 0.29) is 24.4 Å². The SMILES string of the molecule is C=C[I-]n1cccc(CN2CCC(=O)NC2=O)c1=O. The van der Waals surface area contributed by atoms with Crippen LogP contribution in [-0.2, 0) is 11.3 Å². The van der Waals surface area contributed by atoms with E-state index in [0.29, 0.717) is 12.1 Å². The van der Waals surface area contributed by atoms with Gasteiger partial charge in [0.25, 0.3) is 0 Å². The number of hydrogen-bond donors (Lipinski definition) is 1. The van der Waals surface area contributed by atoms with Crippen molar-refractivity contribution in [2.75, 3.05) is 6.54 Å². The first-order valence-electron chi connectivity index (χ1n) is 5.66. The molecule has 2 heterocycles. The van der Waals surface area contributed by atoms with Gasteiger partial charge >= 0.3 is 120 Å². The van der Waals surface area contributed by atoms with Gasteiger partial charge in [0, 0.05) is 0 Å². The van der Waals surface area contributed by atoms with Gasteiger partial charge in [-0.25, -0.2) is 0 Å². The molecule has 1 aromatic heterocycles. The van der Waals surface area contributed by atoms with Crippen molar-refractivity contribution in [2.45, 2.75) is 13.0 Å². The Morgan fingerprint density at radius 1 is 1.42 bits per heavy atom. The monoisotopic (exact) mass is 374 g/mol. The summed E-state index contributed by atoms with van der Waals surface area (Å²) in [5.74, 6) is -0.274. The second-order valence-corrected chi connectivity index (χ2v) is 6.40. The van der Waals surface area contributed by atoms with Gasteiger partial charge in [0.2, 0.25) is 0 Å². The van der Waals surface area contributed by atoms with Crippen LogP contribution in [0.1, 0.15) is 12.0 Å². The molecule has 0 saturated carbocycles. The van der Waals surface area contributed by atoms with Crippen molar-refractivity contribution < 1.29 is 31.1 Å². The van der Waals surface area contributed by atoms with E-state index < -0.39 is 27.5 Å². The fraction of sp³-hybridized carbons (Fsp3) is 0.250. The van der Waals surface area contributed by atoms with Crippen LogP contribution in [0.3, 0.4) is 0 Å². The average Bonchev–Trinajstić information content (AvgIpc) is 2.37. The molecule has 3 amide bonds. The van der Waals surface area contributed by atoms with E-state index >= 15 is 0 Å². The van der Waals surface area contributed by atoms with Crippen LogP contribution in [0.5, 0.6) is 0 Å². The molecule has 1 saturated heterocycles. The molecule has 0 aliphatic carbocycles. The molecule has 1 aliphatic heterocycles. The first kappa shape index (κ1) is 13.8. The topological polar surface area (TPSA) is 71.4 Å². The van der Waals surface area contributed by atoms with Gasteiger partial charge in [0.15, 0.2) is 0 Å². The molecule has 102 valence electrons. The van der Waals surface area contributed by atoms with Gasteiger partial charge in [-0.1, -0.05) is 0 Å². The van der Waals surface area contributed by atoms with Gasteiger partial charge in [-0.15, -0.1) is 0 Å². The van der Waals surface area contributed by atoms with E-state index in [0.717, 1.165) is 0 Å². The molecule has 0 spiro atoms. The van der Waals surface area contributed by atoms with Crippen LogP contribution in [0, 0.1) is 0 Å². The fourth-order valence-corrected chi connectivity index (χ4v) is 3.10. The fourth-order valence-electron chi connectivity index (χ4n) is 1.74. The van der Waals surface area contributed by atoms with Gasteiger partial charge in [-0.05, 0) is 0 Å². The Balaban J connectivity index is 2.17. The number of halogens is 1. The van der Waals surface area contributed by atoms with E-state index in [1.54, 1.807) is 25.2 Å². The summed E-state index contributed by atoms with van der Waals surface area (Å²) in [6.45, 7) is 4.20. The van der Waals surface area contributed by atoms with Gasteiger partial charge in [0.1, 0.15) is 0 Å². The number of hydrogen-bond acceptors (Lipinski definition) is 3. The Hall–Kier alpha value is -1.64. The van der Waals surface area contributed by atoms with Crippen LogP contribution in [-0.4, -0.2) is 26.2 Å². The zero-order valence-corrected chi connectivity index (χ0v) is 12.3. The second-order valence-electron chi connectivity index (χ2n) is 3.93. The predicted octanol–water partition coefficient (Wildman–Crippen LogP) is -2.71. The maximum atomic E-state index is 12.1. The first-order chi connectivity index (χ1) is 9.11. The quantitative estimate of drug-likeness (QED) is 0.583. The Morgan fingerprint density at radius 3 is 2.89 bits per heavy atom. The molecule has 7 heteroatoms. The number of rotatable bonds is 4. The molecule has 1 aromatic rings.